The van der Waals surface area contributed by atoms with Crippen molar-refractivity contribution in [1.82, 2.24) is 4.90 Å². The van der Waals surface area contributed by atoms with Gasteiger partial charge in [0.05, 0.1) is 6.54 Å². The first-order valence-electron chi connectivity index (χ1n) is 3.34. The van der Waals surface area contributed by atoms with Crippen LogP contribution in [0, 0.1) is 0 Å². The number of thioether (sulfide) groups is 1. The Kier molecular flexibility index (Phi) is 6.06. The highest BCUT2D eigenvalue weighted by atomic mass is 32.2. The molecule has 4 nitrogen and oxygen atoms in total. The molecule has 0 aromatic carbocycles. The van der Waals surface area contributed by atoms with Crippen molar-refractivity contribution in [2.45, 2.75) is 0 Å². The minimum absolute atomic E-state index is 0.258. The van der Waals surface area contributed by atoms with Crippen LogP contribution in [0.3, 0.4) is 0 Å². The first kappa shape index (κ1) is 10.6. The number of hydrogen-bond donors (Lipinski definition) is 2. The highest BCUT2D eigenvalue weighted by Gasteiger charge is 1.99. The summed E-state index contributed by atoms with van der Waals surface area (Å²) >= 11 is 1.78. The van der Waals surface area contributed by atoms with Gasteiger partial charge in [-0.1, -0.05) is 5.16 Å². The molecule has 0 aromatic heterocycles. The van der Waals surface area contributed by atoms with E-state index in [2.05, 4.69) is 11.4 Å². The van der Waals surface area contributed by atoms with Crippen LogP contribution in [0.1, 0.15) is 0 Å². The van der Waals surface area contributed by atoms with Gasteiger partial charge in [-0.3, -0.25) is 4.90 Å². The molecule has 0 aromatic rings. The third-order valence-corrected chi connectivity index (χ3v) is 1.83. The summed E-state index contributed by atoms with van der Waals surface area (Å²) in [6.45, 7) is 1.48. The predicted octanol–water partition coefficient (Wildman–Crippen LogP) is 0.0276. The molecule has 0 fully saturated rings. The Bertz CT molecular complexity index is 129. The third kappa shape index (κ3) is 6.00. The zero-order valence-electron chi connectivity index (χ0n) is 6.95. The molecule has 0 spiro atoms. The number of nitrogens with two attached hydrogens (primary N) is 1. The van der Waals surface area contributed by atoms with E-state index in [1.54, 1.807) is 11.8 Å². The van der Waals surface area contributed by atoms with E-state index < -0.39 is 0 Å². The minimum Gasteiger partial charge on any atom is -0.409 e. The summed E-state index contributed by atoms with van der Waals surface area (Å²) in [6.07, 6.45) is 2.05. The Labute approximate surface area is 71.4 Å². The number of amidine groups is 1. The second kappa shape index (κ2) is 6.30. The summed E-state index contributed by atoms with van der Waals surface area (Å²) in [5.41, 5.74) is 5.30. The number of rotatable bonds is 5. The number of hydrogen-bond acceptors (Lipinski definition) is 4. The SMILES string of the molecule is CSCCN(C)CC(N)=NO. The molecular formula is C6H15N3OS. The van der Waals surface area contributed by atoms with Gasteiger partial charge < -0.3 is 10.9 Å². The molecule has 0 amide bonds. The van der Waals surface area contributed by atoms with Crippen LogP contribution in [-0.4, -0.2) is 48.1 Å². The average Bonchev–Trinajstić information content (AvgIpc) is 2.00. The van der Waals surface area contributed by atoms with Crippen LogP contribution >= 0.6 is 11.8 Å². The Morgan fingerprint density at radius 2 is 2.36 bits per heavy atom. The number of nitrogens with zero attached hydrogens (tertiary/aromatic N) is 2. The van der Waals surface area contributed by atoms with Gasteiger partial charge in [-0.15, -0.1) is 0 Å². The molecule has 0 saturated heterocycles. The van der Waals surface area contributed by atoms with E-state index in [0.717, 1.165) is 12.3 Å². The maximum Gasteiger partial charge on any atom is 0.153 e. The van der Waals surface area contributed by atoms with Crippen molar-refractivity contribution in [3.8, 4) is 0 Å². The Morgan fingerprint density at radius 3 is 2.82 bits per heavy atom. The van der Waals surface area contributed by atoms with Crippen LogP contribution in [-0.2, 0) is 0 Å². The molecule has 11 heavy (non-hydrogen) atoms. The molecule has 0 saturated carbocycles. The zero-order valence-corrected chi connectivity index (χ0v) is 7.77. The maximum atomic E-state index is 8.24. The van der Waals surface area contributed by atoms with Gasteiger partial charge in [0.25, 0.3) is 0 Å². The van der Waals surface area contributed by atoms with Crippen molar-refractivity contribution in [2.24, 2.45) is 10.9 Å². The molecule has 3 N–H and O–H groups in total. The van der Waals surface area contributed by atoms with Gasteiger partial charge in [-0.2, -0.15) is 11.8 Å². The molecule has 0 aliphatic rings. The van der Waals surface area contributed by atoms with Crippen LogP contribution < -0.4 is 5.73 Å². The van der Waals surface area contributed by atoms with E-state index in [4.69, 9.17) is 10.9 Å². The molecule has 0 atom stereocenters. The normalized spacial score (nSPS) is 12.5. The number of oxime groups is 1. The average molecular weight is 177 g/mol. The van der Waals surface area contributed by atoms with E-state index >= 15 is 0 Å². The fourth-order valence-corrected chi connectivity index (χ4v) is 1.13. The van der Waals surface area contributed by atoms with E-state index in [9.17, 15) is 0 Å². The molecule has 0 aliphatic carbocycles. The van der Waals surface area contributed by atoms with Gasteiger partial charge in [0.15, 0.2) is 5.84 Å². The summed E-state index contributed by atoms with van der Waals surface area (Å²) in [7, 11) is 1.94. The molecule has 5 heteroatoms. The van der Waals surface area contributed by atoms with Crippen molar-refractivity contribution < 1.29 is 5.21 Å². The third-order valence-electron chi connectivity index (χ3n) is 1.24. The highest BCUT2D eigenvalue weighted by molar-refractivity contribution is 7.98. The first-order chi connectivity index (χ1) is 5.20. The van der Waals surface area contributed by atoms with E-state index in [1.165, 1.54) is 0 Å². The maximum absolute atomic E-state index is 8.24. The van der Waals surface area contributed by atoms with Gasteiger partial charge in [0.2, 0.25) is 0 Å². The van der Waals surface area contributed by atoms with Crippen molar-refractivity contribution >= 4 is 17.6 Å². The predicted molar refractivity (Wildman–Crippen MR) is 49.3 cm³/mol. The van der Waals surface area contributed by atoms with Gasteiger partial charge >= 0.3 is 0 Å². The molecule has 0 radical (unpaired) electrons. The van der Waals surface area contributed by atoms with E-state index in [0.29, 0.717) is 6.54 Å². The minimum atomic E-state index is 0.258. The lowest BCUT2D eigenvalue weighted by atomic mass is 10.5. The molecule has 0 unspecified atom stereocenters. The second-order valence-electron chi connectivity index (χ2n) is 2.32. The lowest BCUT2D eigenvalue weighted by Gasteiger charge is -2.13. The largest absolute Gasteiger partial charge is 0.409 e. The van der Waals surface area contributed by atoms with E-state index in [-0.39, 0.29) is 5.84 Å². The fraction of sp³-hybridized carbons (Fsp3) is 0.833. The van der Waals surface area contributed by atoms with Crippen molar-refractivity contribution in [2.75, 3.05) is 32.1 Å². The Balaban J connectivity index is 3.43. The van der Waals surface area contributed by atoms with Crippen LogP contribution in [0.25, 0.3) is 0 Å². The topological polar surface area (TPSA) is 61.8 Å². The highest BCUT2D eigenvalue weighted by Crippen LogP contribution is 1.92. The van der Waals surface area contributed by atoms with Crippen molar-refractivity contribution in [3.05, 3.63) is 0 Å². The molecular weight excluding hydrogens is 162 g/mol. The van der Waals surface area contributed by atoms with Crippen LogP contribution in [0.4, 0.5) is 0 Å². The standard InChI is InChI=1S/C6H15N3OS/c1-9(3-4-11-2)5-6(7)8-10/h10H,3-5H2,1-2H3,(H2,7,8). The molecule has 0 heterocycles. The van der Waals surface area contributed by atoms with Gasteiger partial charge in [-0.05, 0) is 13.3 Å². The fourth-order valence-electron chi connectivity index (χ4n) is 0.634. The first-order valence-corrected chi connectivity index (χ1v) is 4.74. The van der Waals surface area contributed by atoms with Crippen LogP contribution in [0.5, 0.6) is 0 Å². The smallest absolute Gasteiger partial charge is 0.153 e. The van der Waals surface area contributed by atoms with Gasteiger partial charge in [0, 0.05) is 12.3 Å². The summed E-state index contributed by atoms with van der Waals surface area (Å²) < 4.78 is 0. The second-order valence-corrected chi connectivity index (χ2v) is 3.31. The summed E-state index contributed by atoms with van der Waals surface area (Å²) in [6, 6.07) is 0. The Hall–Kier alpha value is -0.420. The van der Waals surface area contributed by atoms with Crippen LogP contribution in [0.15, 0.2) is 5.16 Å². The number of likely N-dealkylation sites (N-methyl/N-ethyl adjacent to an activating group) is 1. The Morgan fingerprint density at radius 1 is 1.73 bits per heavy atom. The molecule has 0 rings (SSSR count). The monoisotopic (exact) mass is 177 g/mol. The molecule has 66 valence electrons. The van der Waals surface area contributed by atoms with Gasteiger partial charge in [0.1, 0.15) is 0 Å². The quantitative estimate of drug-likeness (QED) is 0.269. The van der Waals surface area contributed by atoms with Gasteiger partial charge in [-0.25, -0.2) is 0 Å². The van der Waals surface area contributed by atoms with Crippen molar-refractivity contribution in [3.63, 3.8) is 0 Å². The lowest BCUT2D eigenvalue weighted by Crippen LogP contribution is -2.32. The summed E-state index contributed by atoms with van der Waals surface area (Å²) in [5, 5.41) is 11.1. The van der Waals surface area contributed by atoms with Crippen LogP contribution in [0.2, 0.25) is 0 Å². The zero-order chi connectivity index (χ0) is 8.69. The molecule has 0 bridgehead atoms. The summed E-state index contributed by atoms with van der Waals surface area (Å²) in [5.74, 6) is 1.32. The lowest BCUT2D eigenvalue weighted by molar-refractivity contribution is 0.311. The summed E-state index contributed by atoms with van der Waals surface area (Å²) in [4.78, 5) is 2.01. The molecule has 0 aliphatic heterocycles. The van der Waals surface area contributed by atoms with Crippen molar-refractivity contribution in [1.29, 1.82) is 0 Å². The van der Waals surface area contributed by atoms with E-state index in [1.807, 2.05) is 11.9 Å².